The standard InChI is InChI=1S/C6Cl2F3I/c7-1-3(9)4(10)2(8)6(12)5(1)11. The average molecular weight is 327 g/mol. The van der Waals surface area contributed by atoms with E-state index in [1.165, 1.54) is 22.6 Å². The number of benzene rings is 1. The molecule has 0 saturated carbocycles. The van der Waals surface area contributed by atoms with E-state index in [1.807, 2.05) is 0 Å². The van der Waals surface area contributed by atoms with Gasteiger partial charge in [0.25, 0.3) is 0 Å². The van der Waals surface area contributed by atoms with E-state index < -0.39 is 27.5 Å². The second kappa shape index (κ2) is 3.59. The van der Waals surface area contributed by atoms with Crippen LogP contribution in [0, 0.1) is 21.0 Å². The Morgan fingerprint density at radius 3 is 1.75 bits per heavy atom. The summed E-state index contributed by atoms with van der Waals surface area (Å²) in [7, 11) is 0. The first-order valence-corrected chi connectivity index (χ1v) is 4.47. The number of rotatable bonds is 0. The van der Waals surface area contributed by atoms with Crippen LogP contribution in [0.4, 0.5) is 13.2 Å². The summed E-state index contributed by atoms with van der Waals surface area (Å²) in [4.78, 5) is 0. The van der Waals surface area contributed by atoms with E-state index in [1.54, 1.807) is 0 Å². The number of halogens is 6. The highest BCUT2D eigenvalue weighted by molar-refractivity contribution is 14.1. The maximum Gasteiger partial charge on any atom is 0.182 e. The van der Waals surface area contributed by atoms with Gasteiger partial charge in [-0.1, -0.05) is 23.2 Å². The second-order valence-electron chi connectivity index (χ2n) is 1.88. The molecule has 0 aliphatic carbocycles. The minimum Gasteiger partial charge on any atom is -0.204 e. The van der Waals surface area contributed by atoms with Gasteiger partial charge < -0.3 is 0 Å². The molecule has 0 N–H and O–H groups in total. The molecule has 66 valence electrons. The molecular formula is C6Cl2F3I. The fraction of sp³-hybridized carbons (Fsp3) is 0. The summed E-state index contributed by atoms with van der Waals surface area (Å²) in [6, 6.07) is 0. The van der Waals surface area contributed by atoms with Crippen LogP contribution in [0.5, 0.6) is 0 Å². The quantitative estimate of drug-likeness (QED) is 0.384. The van der Waals surface area contributed by atoms with Crippen molar-refractivity contribution >= 4 is 45.8 Å². The van der Waals surface area contributed by atoms with Gasteiger partial charge in [-0.25, -0.2) is 13.2 Å². The van der Waals surface area contributed by atoms with Gasteiger partial charge >= 0.3 is 0 Å². The predicted octanol–water partition coefficient (Wildman–Crippen LogP) is 4.02. The molecule has 0 unspecified atom stereocenters. The van der Waals surface area contributed by atoms with Gasteiger partial charge in [-0.15, -0.1) is 0 Å². The van der Waals surface area contributed by atoms with Crippen LogP contribution in [-0.2, 0) is 0 Å². The Kier molecular flexibility index (Phi) is 3.11. The van der Waals surface area contributed by atoms with Gasteiger partial charge in [0.05, 0.1) is 8.59 Å². The Labute approximate surface area is 89.8 Å². The molecule has 1 aromatic carbocycles. The SMILES string of the molecule is Fc1c(F)c(Cl)c(I)c(F)c1Cl. The smallest absolute Gasteiger partial charge is 0.182 e. The molecule has 1 aromatic rings. The molecular weight excluding hydrogens is 327 g/mol. The van der Waals surface area contributed by atoms with E-state index in [0.29, 0.717) is 0 Å². The Balaban J connectivity index is 3.60. The maximum absolute atomic E-state index is 12.8. The third-order valence-electron chi connectivity index (χ3n) is 1.16. The molecule has 0 radical (unpaired) electrons. The van der Waals surface area contributed by atoms with Crippen molar-refractivity contribution in [2.75, 3.05) is 0 Å². The minimum atomic E-state index is -1.46. The summed E-state index contributed by atoms with van der Waals surface area (Å²) in [5, 5.41) is -1.46. The monoisotopic (exact) mass is 326 g/mol. The topological polar surface area (TPSA) is 0 Å². The van der Waals surface area contributed by atoms with Gasteiger partial charge in [-0.3, -0.25) is 0 Å². The van der Waals surface area contributed by atoms with Crippen molar-refractivity contribution in [3.63, 3.8) is 0 Å². The maximum atomic E-state index is 12.8. The lowest BCUT2D eigenvalue weighted by atomic mass is 10.3. The molecule has 0 atom stereocenters. The third-order valence-corrected chi connectivity index (χ3v) is 3.17. The zero-order valence-corrected chi connectivity index (χ0v) is 8.94. The largest absolute Gasteiger partial charge is 0.204 e. The highest BCUT2D eigenvalue weighted by atomic mass is 127. The molecule has 0 aliphatic heterocycles. The Morgan fingerprint density at radius 1 is 0.833 bits per heavy atom. The van der Waals surface area contributed by atoms with Crippen molar-refractivity contribution in [1.82, 2.24) is 0 Å². The van der Waals surface area contributed by atoms with Gasteiger partial charge in [0.1, 0.15) is 5.02 Å². The summed E-state index contributed by atoms with van der Waals surface area (Å²) in [5.74, 6) is -3.83. The van der Waals surface area contributed by atoms with E-state index in [0.717, 1.165) is 0 Å². The van der Waals surface area contributed by atoms with Gasteiger partial charge in [0.2, 0.25) is 0 Å². The lowest BCUT2D eigenvalue weighted by Crippen LogP contribution is -1.95. The van der Waals surface area contributed by atoms with Crippen LogP contribution in [0.3, 0.4) is 0 Å². The third kappa shape index (κ3) is 1.52. The molecule has 0 aliphatic rings. The van der Waals surface area contributed by atoms with E-state index in [9.17, 15) is 13.2 Å². The fourth-order valence-corrected chi connectivity index (χ4v) is 1.59. The van der Waals surface area contributed by atoms with Crippen LogP contribution < -0.4 is 0 Å². The molecule has 0 spiro atoms. The highest BCUT2D eigenvalue weighted by Crippen LogP contribution is 2.32. The zero-order valence-electron chi connectivity index (χ0n) is 5.27. The normalized spacial score (nSPS) is 10.5. The first-order chi connectivity index (χ1) is 5.46. The Morgan fingerprint density at radius 2 is 1.25 bits per heavy atom. The van der Waals surface area contributed by atoms with Crippen molar-refractivity contribution in [3.8, 4) is 0 Å². The summed E-state index contributed by atoms with van der Waals surface area (Å²) in [6.07, 6.45) is 0. The van der Waals surface area contributed by atoms with Crippen LogP contribution in [0.15, 0.2) is 0 Å². The average Bonchev–Trinajstić information content (AvgIpc) is 2.08. The zero-order chi connectivity index (χ0) is 9.46. The van der Waals surface area contributed by atoms with Gasteiger partial charge in [0, 0.05) is 0 Å². The number of hydrogen-bond acceptors (Lipinski definition) is 0. The summed E-state index contributed by atoms with van der Waals surface area (Å²) >= 11 is 11.8. The second-order valence-corrected chi connectivity index (χ2v) is 3.72. The molecule has 12 heavy (non-hydrogen) atoms. The van der Waals surface area contributed by atoms with E-state index in [4.69, 9.17) is 23.2 Å². The Hall–Kier alpha value is 0.320. The first kappa shape index (κ1) is 10.4. The first-order valence-electron chi connectivity index (χ1n) is 2.63. The number of hydrogen-bond donors (Lipinski definition) is 0. The molecule has 0 saturated heterocycles. The Bertz CT molecular complexity index is 235. The van der Waals surface area contributed by atoms with Crippen molar-refractivity contribution in [3.05, 3.63) is 31.1 Å². The summed E-state index contributed by atoms with van der Waals surface area (Å²) in [5.41, 5.74) is 0. The lowest BCUT2D eigenvalue weighted by molar-refractivity contribution is 0.493. The molecule has 0 fully saturated rings. The van der Waals surface area contributed by atoms with Gasteiger partial charge in [-0.05, 0) is 22.6 Å². The highest BCUT2D eigenvalue weighted by Gasteiger charge is 2.20. The van der Waals surface area contributed by atoms with Gasteiger partial charge in [-0.2, -0.15) is 0 Å². The van der Waals surface area contributed by atoms with Crippen LogP contribution in [-0.4, -0.2) is 0 Å². The van der Waals surface area contributed by atoms with Crippen LogP contribution >= 0.6 is 45.8 Å². The molecule has 0 aromatic heterocycles. The van der Waals surface area contributed by atoms with Crippen molar-refractivity contribution in [1.29, 1.82) is 0 Å². The van der Waals surface area contributed by atoms with Gasteiger partial charge in [0.15, 0.2) is 17.5 Å². The molecule has 0 heterocycles. The minimum absolute atomic E-state index is 0.224. The lowest BCUT2D eigenvalue weighted by Gasteiger charge is -2.03. The summed E-state index contributed by atoms with van der Waals surface area (Å²) in [6.45, 7) is 0. The van der Waals surface area contributed by atoms with Crippen LogP contribution in [0.1, 0.15) is 0 Å². The van der Waals surface area contributed by atoms with E-state index >= 15 is 0 Å². The molecule has 0 nitrogen and oxygen atoms in total. The van der Waals surface area contributed by atoms with Crippen LogP contribution in [0.2, 0.25) is 10.0 Å². The molecule has 0 amide bonds. The predicted molar refractivity (Wildman–Crippen MR) is 49.1 cm³/mol. The van der Waals surface area contributed by atoms with E-state index in [2.05, 4.69) is 0 Å². The van der Waals surface area contributed by atoms with Crippen LogP contribution in [0.25, 0.3) is 0 Å². The molecule has 1 rings (SSSR count). The van der Waals surface area contributed by atoms with E-state index in [-0.39, 0.29) is 3.57 Å². The van der Waals surface area contributed by atoms with Crippen molar-refractivity contribution in [2.24, 2.45) is 0 Å². The van der Waals surface area contributed by atoms with Crippen molar-refractivity contribution < 1.29 is 13.2 Å². The fourth-order valence-electron chi connectivity index (χ4n) is 0.578. The molecule has 6 heteroatoms. The molecule has 0 bridgehead atoms. The summed E-state index contributed by atoms with van der Waals surface area (Å²) < 4.78 is 37.8. The van der Waals surface area contributed by atoms with Crippen molar-refractivity contribution in [2.45, 2.75) is 0 Å².